The van der Waals surface area contributed by atoms with E-state index in [1.807, 2.05) is 60.7 Å². The van der Waals surface area contributed by atoms with Gasteiger partial charge in [-0.05, 0) is 86.7 Å². The zero-order valence-electron chi connectivity index (χ0n) is 26.1. The third-order valence-corrected chi connectivity index (χ3v) is 8.54. The van der Waals surface area contributed by atoms with Crippen molar-refractivity contribution in [3.05, 3.63) is 148 Å². The Hall–Kier alpha value is -6.09. The Morgan fingerprint density at radius 3 is 1.65 bits per heavy atom. The van der Waals surface area contributed by atoms with Crippen molar-refractivity contribution in [3.8, 4) is 28.0 Å². The molecule has 2 aliphatic rings. The summed E-state index contributed by atoms with van der Waals surface area (Å²) in [5.41, 5.74) is 11.1. The van der Waals surface area contributed by atoms with Gasteiger partial charge in [-0.1, -0.05) is 91.0 Å². The number of carbonyl (C=O) groups excluding carboxylic acids is 2. The molecule has 5 aromatic rings. The number of hydrogen-bond donors (Lipinski definition) is 3. The van der Waals surface area contributed by atoms with Crippen LogP contribution >= 0.6 is 0 Å². The molecule has 0 aromatic heterocycles. The predicted molar refractivity (Wildman–Crippen MR) is 178 cm³/mol. The highest BCUT2D eigenvalue weighted by Gasteiger charge is 2.33. The fraction of sp³-hybridized carbons (Fsp3) is 0.154. The monoisotopic (exact) mass is 640 g/mol. The van der Waals surface area contributed by atoms with Crippen molar-refractivity contribution in [1.29, 1.82) is 0 Å². The largest absolute Gasteiger partial charge is 0.478 e. The van der Waals surface area contributed by atoms with Crippen LogP contribution in [0.15, 0.2) is 109 Å². The maximum absolute atomic E-state index is 13.1. The number of ether oxygens (including phenoxy) is 3. The quantitative estimate of drug-likeness (QED) is 0.140. The number of benzene rings is 5. The van der Waals surface area contributed by atoms with Crippen molar-refractivity contribution in [2.24, 2.45) is 0 Å². The number of rotatable bonds is 9. The number of fused-ring (bicyclic) bond motifs is 6. The number of nitrogens with one attached hydrogen (secondary N) is 2. The lowest BCUT2D eigenvalue weighted by molar-refractivity contribution is 0.00928. The zero-order valence-corrected chi connectivity index (χ0v) is 26.1. The molecule has 0 unspecified atom stereocenters. The summed E-state index contributed by atoms with van der Waals surface area (Å²) in [5, 5.41) is 14.6. The van der Waals surface area contributed by atoms with Gasteiger partial charge in [-0.2, -0.15) is 0 Å². The average Bonchev–Trinajstić information content (AvgIpc) is 3.63. The van der Waals surface area contributed by atoms with Gasteiger partial charge in [-0.15, -0.1) is 0 Å². The fourth-order valence-electron chi connectivity index (χ4n) is 6.35. The third kappa shape index (κ3) is 6.43. The first-order valence-electron chi connectivity index (χ1n) is 15.6. The van der Waals surface area contributed by atoms with Crippen LogP contribution in [0, 0.1) is 0 Å². The fourth-order valence-corrected chi connectivity index (χ4v) is 6.35. The SMILES string of the molecule is CC(NC(=O)OCc1ccc2c(c1)Cc1ccccc1-2)(NC(=O)OCc1ccc2c(c1)Cc1ccccc1-2)Oc1cccc(C(=O)O)c1. The van der Waals surface area contributed by atoms with Crippen molar-refractivity contribution < 1.29 is 33.7 Å². The number of amides is 2. The summed E-state index contributed by atoms with van der Waals surface area (Å²) in [7, 11) is 0. The van der Waals surface area contributed by atoms with Gasteiger partial charge >= 0.3 is 18.2 Å². The molecule has 7 rings (SSSR count). The van der Waals surface area contributed by atoms with E-state index < -0.39 is 24.0 Å². The van der Waals surface area contributed by atoms with Crippen molar-refractivity contribution in [1.82, 2.24) is 10.6 Å². The van der Waals surface area contributed by atoms with Crippen LogP contribution in [0.5, 0.6) is 5.75 Å². The lowest BCUT2D eigenvalue weighted by atomic mass is 10.0. The smallest absolute Gasteiger partial charge is 0.412 e. The Balaban J connectivity index is 1.01. The van der Waals surface area contributed by atoms with Crippen molar-refractivity contribution in [2.45, 2.75) is 38.8 Å². The molecule has 2 amide bonds. The van der Waals surface area contributed by atoms with Gasteiger partial charge in [0.15, 0.2) is 0 Å². The van der Waals surface area contributed by atoms with Gasteiger partial charge in [0.2, 0.25) is 0 Å². The van der Waals surface area contributed by atoms with E-state index in [0.717, 1.165) is 46.2 Å². The molecule has 0 aliphatic heterocycles. The minimum absolute atomic E-state index is 0.0211. The minimum atomic E-state index is -1.87. The van der Waals surface area contributed by atoms with Gasteiger partial charge in [-0.25, -0.2) is 14.4 Å². The molecule has 9 nitrogen and oxygen atoms in total. The standard InChI is InChI=1S/C39H32N2O7/c1-39(48-31-10-6-9-28(21-31)36(42)43,40-37(44)46-22-24-13-15-34-29(17-24)19-26-7-2-4-11-32(26)34)41-38(45)47-23-25-14-16-35-30(18-25)20-27-8-3-5-12-33(27)35/h2-18,21H,19-20,22-23H2,1H3,(H,40,44)(H,41,45)(H,42,43). The van der Waals surface area contributed by atoms with Crippen LogP contribution in [0.3, 0.4) is 0 Å². The summed E-state index contributed by atoms with van der Waals surface area (Å²) in [6.07, 6.45) is -0.126. The average molecular weight is 641 g/mol. The van der Waals surface area contributed by atoms with Crippen LogP contribution in [0.1, 0.15) is 50.7 Å². The predicted octanol–water partition coefficient (Wildman–Crippen LogP) is 7.43. The first-order chi connectivity index (χ1) is 23.2. The van der Waals surface area contributed by atoms with Crippen LogP contribution in [0.2, 0.25) is 0 Å². The number of hydrogen-bond acceptors (Lipinski definition) is 6. The van der Waals surface area contributed by atoms with Gasteiger partial charge in [0, 0.05) is 6.92 Å². The van der Waals surface area contributed by atoms with E-state index in [4.69, 9.17) is 14.2 Å². The maximum Gasteiger partial charge on any atom is 0.412 e. The van der Waals surface area contributed by atoms with E-state index in [-0.39, 0.29) is 24.5 Å². The van der Waals surface area contributed by atoms with Gasteiger partial charge in [0.1, 0.15) is 19.0 Å². The third-order valence-electron chi connectivity index (χ3n) is 8.54. The van der Waals surface area contributed by atoms with Gasteiger partial charge in [0.25, 0.3) is 5.85 Å². The summed E-state index contributed by atoms with van der Waals surface area (Å²) in [4.78, 5) is 37.7. The molecule has 3 N–H and O–H groups in total. The first kappa shape index (κ1) is 30.6. The summed E-state index contributed by atoms with van der Waals surface area (Å²) in [5.74, 6) is -2.93. The molecule has 9 heteroatoms. The van der Waals surface area contributed by atoms with Crippen molar-refractivity contribution >= 4 is 18.2 Å². The molecule has 0 fully saturated rings. The first-order valence-corrected chi connectivity index (χ1v) is 15.6. The normalized spacial score (nSPS) is 12.2. The second-order valence-electron chi connectivity index (χ2n) is 12.0. The number of carbonyl (C=O) groups is 3. The Bertz CT molecular complexity index is 1960. The Labute approximate surface area is 277 Å². The van der Waals surface area contributed by atoms with E-state index in [0.29, 0.717) is 0 Å². The van der Waals surface area contributed by atoms with Crippen LogP contribution in [0.4, 0.5) is 9.59 Å². The molecular formula is C39H32N2O7. The Morgan fingerprint density at radius 2 is 1.12 bits per heavy atom. The van der Waals surface area contributed by atoms with Crippen LogP contribution in [-0.4, -0.2) is 29.1 Å². The topological polar surface area (TPSA) is 123 Å². The molecule has 0 heterocycles. The zero-order chi connectivity index (χ0) is 33.3. The molecule has 0 spiro atoms. The molecular weight excluding hydrogens is 608 g/mol. The number of alkyl carbamates (subject to hydrolysis) is 2. The van der Waals surface area contributed by atoms with Crippen molar-refractivity contribution in [3.63, 3.8) is 0 Å². The summed E-state index contributed by atoms with van der Waals surface area (Å²) < 4.78 is 17.0. The lowest BCUT2D eigenvalue weighted by Crippen LogP contribution is -2.62. The summed E-state index contributed by atoms with van der Waals surface area (Å²) in [6, 6.07) is 34.1. The highest BCUT2D eigenvalue weighted by Crippen LogP contribution is 2.38. The molecule has 48 heavy (non-hydrogen) atoms. The lowest BCUT2D eigenvalue weighted by Gasteiger charge is -2.31. The summed E-state index contributed by atoms with van der Waals surface area (Å²) >= 11 is 0. The van der Waals surface area contributed by atoms with Crippen LogP contribution in [0.25, 0.3) is 22.3 Å². The van der Waals surface area contributed by atoms with Gasteiger partial charge < -0.3 is 19.3 Å². The molecule has 0 atom stereocenters. The molecule has 2 aliphatic carbocycles. The molecule has 240 valence electrons. The molecule has 0 radical (unpaired) electrons. The number of aromatic carboxylic acids is 1. The van der Waals surface area contributed by atoms with Gasteiger partial charge in [0.05, 0.1) is 5.56 Å². The van der Waals surface area contributed by atoms with Crippen LogP contribution in [-0.2, 0) is 35.5 Å². The maximum atomic E-state index is 13.1. The van der Waals surface area contributed by atoms with E-state index in [1.54, 1.807) is 0 Å². The number of carboxylic acids is 1. The Kier molecular flexibility index (Phi) is 8.02. The summed E-state index contributed by atoms with van der Waals surface area (Å²) in [6.45, 7) is 1.36. The molecule has 0 saturated heterocycles. The second kappa shape index (κ2) is 12.6. The number of carboxylic acid groups (broad SMARTS) is 1. The molecule has 0 saturated carbocycles. The minimum Gasteiger partial charge on any atom is -0.478 e. The van der Waals surface area contributed by atoms with E-state index >= 15 is 0 Å². The highest BCUT2D eigenvalue weighted by atomic mass is 16.6. The second-order valence-corrected chi connectivity index (χ2v) is 12.0. The molecule has 5 aromatic carbocycles. The Morgan fingerprint density at radius 1 is 0.625 bits per heavy atom. The van der Waals surface area contributed by atoms with E-state index in [2.05, 4.69) is 34.9 Å². The van der Waals surface area contributed by atoms with Gasteiger partial charge in [-0.3, -0.25) is 10.6 Å². The highest BCUT2D eigenvalue weighted by molar-refractivity contribution is 5.88. The van der Waals surface area contributed by atoms with Crippen molar-refractivity contribution in [2.75, 3.05) is 0 Å². The molecule has 0 bridgehead atoms. The van der Waals surface area contributed by atoms with E-state index in [9.17, 15) is 19.5 Å². The van der Waals surface area contributed by atoms with Crippen LogP contribution < -0.4 is 15.4 Å². The van der Waals surface area contributed by atoms with E-state index in [1.165, 1.54) is 53.4 Å².